The first-order valence-electron chi connectivity index (χ1n) is 22.0. The zero-order valence-electron chi connectivity index (χ0n) is 35.8. The van der Waals surface area contributed by atoms with Crippen LogP contribution in [0.1, 0.15) is 94.2 Å². The van der Waals surface area contributed by atoms with Crippen LogP contribution in [0.3, 0.4) is 0 Å². The molecule has 1 aliphatic carbocycles. The molecule has 4 heterocycles. The van der Waals surface area contributed by atoms with E-state index in [-0.39, 0.29) is 74.7 Å². The first kappa shape index (κ1) is 48.2. The molecule has 1 atom stereocenters. The molecule has 19 heteroatoms. The third kappa shape index (κ3) is 11.1. The summed E-state index contributed by atoms with van der Waals surface area (Å²) in [5.41, 5.74) is 1.90. The standard InChI is InChI=1S/C46H52F3N7O9.CH4/c47-46(48,49)32-3-1-2-31(25-32)41(59)52-45-50-37-24-30(6-11-38(37)55(45)33-7-4-29(28-57)5-8-33)27-54-16-14-53(15-17-54)18-19-63-20-21-64-22-23-65-34-9-10-35-36(26-34)44(62)56(43(35)61)39-12-13-40(58)51-42(39)60;/h1-3,6,9-11,24-26,29,33,39,57H,4-5,7-8,12-23,27-28H2,(H,50,52,59)(H,51,58,60);1H4. The zero-order valence-corrected chi connectivity index (χ0v) is 35.8. The zero-order chi connectivity index (χ0) is 45.7. The second kappa shape index (κ2) is 21.3. The molecule has 4 aliphatic rings. The predicted octanol–water partition coefficient (Wildman–Crippen LogP) is 5.30. The predicted molar refractivity (Wildman–Crippen MR) is 236 cm³/mol. The molecule has 66 heavy (non-hydrogen) atoms. The van der Waals surface area contributed by atoms with Gasteiger partial charge in [-0.1, -0.05) is 19.6 Å². The van der Waals surface area contributed by atoms with Crippen LogP contribution in [0.5, 0.6) is 5.75 Å². The summed E-state index contributed by atoms with van der Waals surface area (Å²) in [6.07, 6.45) is -1.26. The van der Waals surface area contributed by atoms with Crippen LogP contribution in [0.2, 0.25) is 0 Å². The van der Waals surface area contributed by atoms with Crippen LogP contribution in [0.25, 0.3) is 11.0 Å². The van der Waals surface area contributed by atoms with Crippen molar-refractivity contribution in [1.29, 1.82) is 0 Å². The van der Waals surface area contributed by atoms with Crippen LogP contribution in [-0.2, 0) is 31.8 Å². The van der Waals surface area contributed by atoms with E-state index in [0.717, 1.165) is 86.5 Å². The van der Waals surface area contributed by atoms with Crippen molar-refractivity contribution in [1.82, 2.24) is 29.6 Å². The van der Waals surface area contributed by atoms with Gasteiger partial charge in [-0.2, -0.15) is 13.2 Å². The van der Waals surface area contributed by atoms with Crippen molar-refractivity contribution in [2.45, 2.75) is 70.8 Å². The van der Waals surface area contributed by atoms with E-state index in [0.29, 0.717) is 37.6 Å². The SMILES string of the molecule is C.O=C1CCC(N2C(=O)c3ccc(OCCOCCOCCN4CCN(Cc5ccc6c(c5)nc(NC(=O)c5cccc(C(F)(F)F)c5)n6C5CCC(CO)CC5)CC4)cc3C2=O)C(=O)N1. The highest BCUT2D eigenvalue weighted by molar-refractivity contribution is 6.23. The lowest BCUT2D eigenvalue weighted by Crippen LogP contribution is -2.54. The van der Waals surface area contributed by atoms with E-state index in [9.17, 15) is 42.3 Å². The Balaban J connectivity index is 0.00000648. The number of hydrogen-bond donors (Lipinski definition) is 3. The van der Waals surface area contributed by atoms with Gasteiger partial charge in [0.15, 0.2) is 0 Å². The van der Waals surface area contributed by atoms with Gasteiger partial charge in [-0.15, -0.1) is 0 Å². The number of amides is 5. The fraction of sp³-hybridized carbons (Fsp3) is 0.489. The van der Waals surface area contributed by atoms with Crippen LogP contribution >= 0.6 is 0 Å². The lowest BCUT2D eigenvalue weighted by atomic mass is 9.86. The average Bonchev–Trinajstić information content (AvgIpc) is 3.77. The Morgan fingerprint density at radius 1 is 0.818 bits per heavy atom. The number of piperidine rings is 1. The minimum absolute atomic E-state index is 0. The Labute approximate surface area is 380 Å². The van der Waals surface area contributed by atoms with Crippen LogP contribution < -0.4 is 15.4 Å². The summed E-state index contributed by atoms with van der Waals surface area (Å²) in [5.74, 6) is -2.06. The number of nitrogens with one attached hydrogen (secondary N) is 2. The van der Waals surface area contributed by atoms with Crippen molar-refractivity contribution in [3.05, 3.63) is 88.5 Å². The monoisotopic (exact) mass is 919 g/mol. The van der Waals surface area contributed by atoms with Gasteiger partial charge in [0.2, 0.25) is 17.8 Å². The number of aromatic nitrogens is 2. The van der Waals surface area contributed by atoms with Crippen LogP contribution in [-0.4, -0.2) is 137 Å². The third-order valence-electron chi connectivity index (χ3n) is 12.6. The Hall–Kier alpha value is -5.73. The van der Waals surface area contributed by atoms with Crippen molar-refractivity contribution in [3.63, 3.8) is 0 Å². The Kier molecular flexibility index (Phi) is 15.5. The van der Waals surface area contributed by atoms with E-state index in [1.807, 2.05) is 16.7 Å². The number of aliphatic hydroxyl groups is 1. The second-order valence-corrected chi connectivity index (χ2v) is 16.9. The highest BCUT2D eigenvalue weighted by atomic mass is 19.4. The molecule has 5 amide bonds. The van der Waals surface area contributed by atoms with Crippen molar-refractivity contribution in [3.8, 4) is 5.75 Å². The summed E-state index contributed by atoms with van der Waals surface area (Å²) in [4.78, 5) is 73.5. The molecule has 3 aromatic carbocycles. The summed E-state index contributed by atoms with van der Waals surface area (Å²) < 4.78 is 59.5. The molecule has 3 N–H and O–H groups in total. The molecule has 3 fully saturated rings. The fourth-order valence-electron chi connectivity index (χ4n) is 9.00. The second-order valence-electron chi connectivity index (χ2n) is 16.9. The lowest BCUT2D eigenvalue weighted by molar-refractivity contribution is -0.138. The average molecular weight is 920 g/mol. The topological polar surface area (TPSA) is 185 Å². The number of nitrogens with zero attached hydrogens (tertiary/aromatic N) is 5. The lowest BCUT2D eigenvalue weighted by Gasteiger charge is -2.34. The number of anilines is 1. The number of carbonyl (C=O) groups is 5. The number of alkyl halides is 3. The van der Waals surface area contributed by atoms with Gasteiger partial charge in [-0.05, 0) is 92.1 Å². The molecule has 8 rings (SSSR count). The minimum Gasteiger partial charge on any atom is -0.491 e. The summed E-state index contributed by atoms with van der Waals surface area (Å²) in [7, 11) is 0. The number of imidazole rings is 1. The molecule has 3 aliphatic heterocycles. The van der Waals surface area contributed by atoms with Crippen molar-refractivity contribution in [2.24, 2.45) is 5.92 Å². The molecule has 4 aromatic rings. The molecule has 1 saturated carbocycles. The number of ether oxygens (including phenoxy) is 3. The molecule has 354 valence electrons. The highest BCUT2D eigenvalue weighted by Gasteiger charge is 2.45. The number of rotatable bonds is 17. The van der Waals surface area contributed by atoms with E-state index in [4.69, 9.17) is 19.2 Å². The number of fused-ring (bicyclic) bond motifs is 2. The third-order valence-corrected chi connectivity index (χ3v) is 12.6. The van der Waals surface area contributed by atoms with Gasteiger partial charge >= 0.3 is 6.18 Å². The van der Waals surface area contributed by atoms with Gasteiger partial charge in [-0.3, -0.25) is 49.3 Å². The Bertz CT molecular complexity index is 2410. The number of piperazine rings is 1. The maximum Gasteiger partial charge on any atom is 0.416 e. The maximum absolute atomic E-state index is 13.4. The van der Waals surface area contributed by atoms with E-state index < -0.39 is 47.3 Å². The highest BCUT2D eigenvalue weighted by Crippen LogP contribution is 2.38. The molecule has 1 aromatic heterocycles. The van der Waals surface area contributed by atoms with E-state index in [1.54, 1.807) is 6.07 Å². The fourth-order valence-corrected chi connectivity index (χ4v) is 9.00. The van der Waals surface area contributed by atoms with Crippen molar-refractivity contribution >= 4 is 46.5 Å². The first-order chi connectivity index (χ1) is 31.4. The van der Waals surface area contributed by atoms with E-state index >= 15 is 0 Å². The van der Waals surface area contributed by atoms with E-state index in [2.05, 4.69) is 26.5 Å². The van der Waals surface area contributed by atoms with Gasteiger partial charge in [0, 0.05) is 63.9 Å². The number of halogens is 3. The number of carbonyl (C=O) groups excluding carboxylic acids is 5. The van der Waals surface area contributed by atoms with Crippen molar-refractivity contribution < 1.29 is 56.5 Å². The molecule has 2 saturated heterocycles. The normalized spacial score (nSPS) is 20.6. The van der Waals surface area contributed by atoms with Gasteiger partial charge in [0.05, 0.1) is 54.2 Å². The van der Waals surface area contributed by atoms with Gasteiger partial charge in [0.25, 0.3) is 17.7 Å². The summed E-state index contributed by atoms with van der Waals surface area (Å²) >= 11 is 0. The number of hydrogen-bond acceptors (Lipinski definition) is 12. The van der Waals surface area contributed by atoms with E-state index in [1.165, 1.54) is 24.3 Å². The maximum atomic E-state index is 13.4. The number of imide groups is 2. The Morgan fingerprint density at radius 3 is 2.26 bits per heavy atom. The molecule has 16 nitrogen and oxygen atoms in total. The molecule has 0 radical (unpaired) electrons. The number of aliphatic hydroxyl groups excluding tert-OH is 1. The minimum atomic E-state index is -4.58. The number of benzene rings is 3. The molecular formula is C47H56F3N7O9. The molecule has 1 unspecified atom stereocenters. The Morgan fingerprint density at radius 2 is 1.53 bits per heavy atom. The first-order valence-corrected chi connectivity index (χ1v) is 22.0. The summed E-state index contributed by atoms with van der Waals surface area (Å²) in [5, 5.41) is 14.7. The quantitative estimate of drug-likeness (QED) is 0.0920. The van der Waals surface area contributed by atoms with Crippen LogP contribution in [0.15, 0.2) is 60.7 Å². The largest absolute Gasteiger partial charge is 0.491 e. The summed E-state index contributed by atoms with van der Waals surface area (Å²) in [6.45, 7) is 6.85. The smallest absolute Gasteiger partial charge is 0.416 e. The van der Waals surface area contributed by atoms with Gasteiger partial charge in [0.1, 0.15) is 18.4 Å². The van der Waals surface area contributed by atoms with Gasteiger partial charge in [-0.25, -0.2) is 4.98 Å². The van der Waals surface area contributed by atoms with Crippen LogP contribution in [0.4, 0.5) is 19.1 Å². The van der Waals surface area contributed by atoms with Crippen LogP contribution in [0, 0.1) is 5.92 Å². The molecule has 0 spiro atoms. The molecular weight excluding hydrogens is 864 g/mol. The summed E-state index contributed by atoms with van der Waals surface area (Å²) in [6, 6.07) is 14.0. The van der Waals surface area contributed by atoms with Crippen molar-refractivity contribution in [2.75, 3.05) is 77.7 Å². The molecule has 0 bridgehead atoms. The van der Waals surface area contributed by atoms with Gasteiger partial charge < -0.3 is 23.9 Å².